The van der Waals surface area contributed by atoms with Crippen molar-refractivity contribution in [1.82, 2.24) is 9.88 Å². The lowest BCUT2D eigenvalue weighted by Gasteiger charge is -2.38. The van der Waals surface area contributed by atoms with E-state index in [-0.39, 0.29) is 12.0 Å². The van der Waals surface area contributed by atoms with Crippen LogP contribution in [0.4, 0.5) is 5.69 Å². The number of benzene rings is 2. The Labute approximate surface area is 274 Å². The summed E-state index contributed by atoms with van der Waals surface area (Å²) in [7, 11) is 5.00. The number of allylic oxidation sites excluding steroid dienone is 1. The zero-order valence-electron chi connectivity index (χ0n) is 26.4. The molecule has 7 rings (SSSR count). The first-order chi connectivity index (χ1) is 22.6. The summed E-state index contributed by atoms with van der Waals surface area (Å²) in [6.45, 7) is 1.94. The number of aliphatic imine (C=N–C) groups is 1. The zero-order valence-corrected chi connectivity index (χ0v) is 27.2. The van der Waals surface area contributed by atoms with Crippen molar-refractivity contribution in [1.29, 1.82) is 0 Å². The molecule has 1 saturated carbocycles. The lowest BCUT2D eigenvalue weighted by atomic mass is 9.87. The van der Waals surface area contributed by atoms with Gasteiger partial charge in [0, 0.05) is 60.3 Å². The fourth-order valence-electron chi connectivity index (χ4n) is 7.09. The van der Waals surface area contributed by atoms with Crippen LogP contribution in [0, 0.1) is 5.92 Å². The lowest BCUT2D eigenvalue weighted by Crippen LogP contribution is -2.42. The van der Waals surface area contributed by atoms with Crippen LogP contribution in [0.1, 0.15) is 43.2 Å². The largest absolute Gasteiger partial charge is 0.497 e. The average molecular weight is 643 g/mol. The summed E-state index contributed by atoms with van der Waals surface area (Å²) in [5, 5.41) is 4.22. The minimum atomic E-state index is 0.0817. The third-order valence-corrected chi connectivity index (χ3v) is 9.63. The Bertz CT molecular complexity index is 1700. The van der Waals surface area contributed by atoms with E-state index in [2.05, 4.69) is 27.5 Å². The van der Waals surface area contributed by atoms with E-state index < -0.39 is 0 Å². The molecule has 1 aromatic heterocycles. The van der Waals surface area contributed by atoms with Gasteiger partial charge in [-0.25, -0.2) is 4.99 Å². The van der Waals surface area contributed by atoms with Crippen molar-refractivity contribution in [3.63, 3.8) is 0 Å². The topological polar surface area (TPSA) is 86.7 Å². The first-order valence-electron chi connectivity index (χ1n) is 15.9. The standard InChI is InChI=1S/C36H39ClN4O5/c1-42-23-13-12-22(31(17-23)43-2)19-41-20-27-33(25-8-4-11-30(25)41)40-34(35(27)39-29-10-5-9-28(37)36(29)44-3)26-14-15-38-18-32(26)46-21-24-7-6-16-45-24/h5,9-10,12-15,17-18,20,24-25,30,39H,4,6-8,11,16,19,21H2,1-3H3/t24-,25-,30+/m0/s1. The third kappa shape index (κ3) is 5.78. The third-order valence-electron chi connectivity index (χ3n) is 9.33. The van der Waals surface area contributed by atoms with Gasteiger partial charge >= 0.3 is 0 Å². The van der Waals surface area contributed by atoms with Crippen LogP contribution in [0.15, 0.2) is 77.3 Å². The number of halogens is 1. The van der Waals surface area contributed by atoms with E-state index in [9.17, 15) is 0 Å². The predicted octanol–water partition coefficient (Wildman–Crippen LogP) is 7.12. The minimum Gasteiger partial charge on any atom is -0.497 e. The van der Waals surface area contributed by atoms with Crippen molar-refractivity contribution in [3.8, 4) is 23.0 Å². The smallest absolute Gasteiger partial charge is 0.160 e. The van der Waals surface area contributed by atoms with E-state index in [1.54, 1.807) is 33.7 Å². The number of aromatic nitrogens is 1. The number of para-hydroxylation sites is 1. The van der Waals surface area contributed by atoms with Gasteiger partial charge in [-0.1, -0.05) is 24.1 Å². The van der Waals surface area contributed by atoms with E-state index in [1.165, 1.54) is 0 Å². The van der Waals surface area contributed by atoms with Crippen LogP contribution in [0.3, 0.4) is 0 Å². The van der Waals surface area contributed by atoms with Crippen molar-refractivity contribution in [2.45, 2.75) is 50.8 Å². The van der Waals surface area contributed by atoms with Crippen LogP contribution in [0.25, 0.3) is 5.70 Å². The van der Waals surface area contributed by atoms with Gasteiger partial charge in [0.05, 0.1) is 61.4 Å². The van der Waals surface area contributed by atoms with Gasteiger partial charge in [-0.15, -0.1) is 0 Å². The normalized spacial score (nSPS) is 21.8. The number of hydrogen-bond donors (Lipinski definition) is 1. The van der Waals surface area contributed by atoms with Gasteiger partial charge in [-0.05, 0) is 56.0 Å². The highest BCUT2D eigenvalue weighted by Gasteiger charge is 2.44. The second-order valence-electron chi connectivity index (χ2n) is 12.0. The predicted molar refractivity (Wildman–Crippen MR) is 179 cm³/mol. The summed E-state index contributed by atoms with van der Waals surface area (Å²) >= 11 is 6.58. The summed E-state index contributed by atoms with van der Waals surface area (Å²) in [5.74, 6) is 3.10. The van der Waals surface area contributed by atoms with Gasteiger partial charge in [0.2, 0.25) is 0 Å². The number of methoxy groups -OCH3 is 3. The molecule has 0 unspecified atom stereocenters. The molecule has 3 aromatic rings. The molecule has 3 aliphatic heterocycles. The molecule has 0 bridgehead atoms. The second kappa shape index (κ2) is 13.3. The molecule has 10 heteroatoms. The summed E-state index contributed by atoms with van der Waals surface area (Å²) in [4.78, 5) is 12.3. The molecule has 3 atom stereocenters. The highest BCUT2D eigenvalue weighted by Crippen LogP contribution is 2.47. The van der Waals surface area contributed by atoms with Gasteiger partial charge in [0.15, 0.2) is 5.75 Å². The molecule has 240 valence electrons. The van der Waals surface area contributed by atoms with E-state index in [1.807, 2.05) is 36.4 Å². The maximum Gasteiger partial charge on any atom is 0.160 e. The molecule has 4 heterocycles. The van der Waals surface area contributed by atoms with Crippen molar-refractivity contribution in [3.05, 3.63) is 88.5 Å². The van der Waals surface area contributed by atoms with E-state index >= 15 is 0 Å². The van der Waals surface area contributed by atoms with Gasteiger partial charge in [-0.3, -0.25) is 4.98 Å². The monoisotopic (exact) mass is 642 g/mol. The Kier molecular flexibility index (Phi) is 8.78. The maximum atomic E-state index is 6.58. The highest BCUT2D eigenvalue weighted by atomic mass is 35.5. The number of nitrogens with zero attached hydrogens (tertiary/aromatic N) is 3. The van der Waals surface area contributed by atoms with Crippen LogP contribution < -0.4 is 24.3 Å². The van der Waals surface area contributed by atoms with Gasteiger partial charge in [0.25, 0.3) is 0 Å². The molecule has 2 fully saturated rings. The summed E-state index contributed by atoms with van der Waals surface area (Å²) in [6.07, 6.45) is 11.2. The summed E-state index contributed by atoms with van der Waals surface area (Å²) in [6, 6.07) is 14.0. The Balaban J connectivity index is 1.32. The number of pyridine rings is 1. The van der Waals surface area contributed by atoms with Crippen molar-refractivity contribution < 1.29 is 23.7 Å². The second-order valence-corrected chi connectivity index (χ2v) is 12.4. The molecule has 2 aromatic carbocycles. The Morgan fingerprint density at radius 1 is 1.00 bits per heavy atom. The fraction of sp³-hybridized carbons (Fsp3) is 0.389. The Hall–Kier alpha value is -4.21. The lowest BCUT2D eigenvalue weighted by molar-refractivity contribution is 0.0677. The molecule has 46 heavy (non-hydrogen) atoms. The van der Waals surface area contributed by atoms with Gasteiger partial charge < -0.3 is 33.9 Å². The first-order valence-corrected chi connectivity index (χ1v) is 16.3. The number of ether oxygens (including phenoxy) is 5. The number of fused-ring (bicyclic) bond motifs is 3. The molecule has 1 aliphatic carbocycles. The van der Waals surface area contributed by atoms with Crippen molar-refractivity contribution in [2.24, 2.45) is 10.9 Å². The summed E-state index contributed by atoms with van der Waals surface area (Å²) < 4.78 is 29.2. The van der Waals surface area contributed by atoms with Crippen molar-refractivity contribution in [2.75, 3.05) is 39.9 Å². The number of nitrogens with one attached hydrogen (secondary N) is 1. The van der Waals surface area contributed by atoms with E-state index in [0.29, 0.717) is 35.7 Å². The molecule has 0 radical (unpaired) electrons. The number of rotatable bonds is 11. The molecule has 4 aliphatic rings. The van der Waals surface area contributed by atoms with Gasteiger partial charge in [-0.2, -0.15) is 0 Å². The molecule has 0 spiro atoms. The minimum absolute atomic E-state index is 0.0817. The molecule has 1 saturated heterocycles. The molecular formula is C36H39ClN4O5. The fourth-order valence-corrected chi connectivity index (χ4v) is 7.34. The molecule has 1 N–H and O–H groups in total. The Morgan fingerprint density at radius 2 is 1.91 bits per heavy atom. The summed E-state index contributed by atoms with van der Waals surface area (Å²) in [5.41, 5.74) is 6.56. The van der Waals surface area contributed by atoms with Gasteiger partial charge in [0.1, 0.15) is 23.9 Å². The first kappa shape index (κ1) is 30.4. The quantitative estimate of drug-likeness (QED) is 0.237. The van der Waals surface area contributed by atoms with Crippen LogP contribution in [0.2, 0.25) is 5.02 Å². The zero-order chi connectivity index (χ0) is 31.6. The van der Waals surface area contributed by atoms with E-state index in [4.69, 9.17) is 40.3 Å². The highest BCUT2D eigenvalue weighted by molar-refractivity contribution is 6.32. The SMILES string of the molecule is COc1ccc(CN2C=C3C(=NC(c4ccncc4OC[C@@H]4CCCO4)=C3Nc3cccc(Cl)c3OC)[C@H]3CCC[C@H]32)c(OC)c1. The number of hydrogen-bond acceptors (Lipinski definition) is 9. The van der Waals surface area contributed by atoms with Crippen LogP contribution in [-0.4, -0.2) is 62.3 Å². The van der Waals surface area contributed by atoms with Crippen molar-refractivity contribution >= 4 is 28.7 Å². The van der Waals surface area contributed by atoms with E-state index in [0.717, 1.165) is 89.7 Å². The Morgan fingerprint density at radius 3 is 2.72 bits per heavy atom. The maximum absolute atomic E-state index is 6.58. The van der Waals surface area contributed by atoms with Crippen LogP contribution in [-0.2, 0) is 11.3 Å². The number of anilines is 1. The average Bonchev–Trinajstić information content (AvgIpc) is 3.86. The van der Waals surface area contributed by atoms with Crippen LogP contribution >= 0.6 is 11.6 Å². The van der Waals surface area contributed by atoms with Crippen LogP contribution in [0.5, 0.6) is 23.0 Å². The molecular weight excluding hydrogens is 604 g/mol. The molecule has 0 amide bonds. The molecule has 9 nitrogen and oxygen atoms in total.